The minimum atomic E-state index is -0.865. The Balaban J connectivity index is 0.00000210. The average molecular weight is 353 g/mol. The normalized spacial score (nSPS) is 10.5. The molecule has 0 bridgehead atoms. The molecule has 3 N–H and O–H groups in total. The van der Waals surface area contributed by atoms with Gasteiger partial charge in [-0.1, -0.05) is 12.1 Å². The monoisotopic (exact) mass is 353 g/mol. The van der Waals surface area contributed by atoms with Crippen LogP contribution in [0.25, 0.3) is 28.2 Å². The molecule has 0 unspecified atom stereocenters. The number of pyridine rings is 2. The molecular formula is C19H16LiN5O2. The Morgan fingerprint density at radius 2 is 1.74 bits per heavy atom. The van der Waals surface area contributed by atoms with Gasteiger partial charge in [-0.15, -0.1) is 0 Å². The SMILES string of the molecule is Nc1ncccc1-c1nc2cccnc2n1-c1ccc(CC(=O)O)cc1.[LiH]. The number of nitrogens with two attached hydrogens (primary N) is 1. The molecule has 4 aromatic rings. The molecule has 0 amide bonds. The van der Waals surface area contributed by atoms with Crippen molar-refractivity contribution in [1.82, 2.24) is 19.5 Å². The Bertz CT molecular complexity index is 1110. The van der Waals surface area contributed by atoms with E-state index >= 15 is 0 Å². The Morgan fingerprint density at radius 1 is 1.04 bits per heavy atom. The fourth-order valence-electron chi connectivity index (χ4n) is 2.88. The van der Waals surface area contributed by atoms with Crippen LogP contribution in [0.1, 0.15) is 5.56 Å². The molecule has 0 fully saturated rings. The van der Waals surface area contributed by atoms with E-state index in [9.17, 15) is 4.79 Å². The van der Waals surface area contributed by atoms with Gasteiger partial charge in [0.15, 0.2) is 11.5 Å². The summed E-state index contributed by atoms with van der Waals surface area (Å²) in [6, 6.07) is 14.6. The molecule has 0 aliphatic carbocycles. The molecule has 130 valence electrons. The summed E-state index contributed by atoms with van der Waals surface area (Å²) < 4.78 is 1.90. The Hall–Kier alpha value is -3.14. The number of nitrogens with zero attached hydrogens (tertiary/aromatic N) is 4. The second-order valence-corrected chi connectivity index (χ2v) is 5.79. The number of carboxylic acids is 1. The second kappa shape index (κ2) is 7.62. The van der Waals surface area contributed by atoms with E-state index in [1.807, 2.05) is 34.9 Å². The van der Waals surface area contributed by atoms with Gasteiger partial charge in [0.05, 0.1) is 12.0 Å². The fraction of sp³-hybridized carbons (Fsp3) is 0.0526. The molecule has 0 aliphatic rings. The van der Waals surface area contributed by atoms with Gasteiger partial charge in [-0.05, 0) is 42.0 Å². The van der Waals surface area contributed by atoms with E-state index < -0.39 is 5.97 Å². The predicted molar refractivity (Wildman–Crippen MR) is 105 cm³/mol. The number of imidazole rings is 1. The fourth-order valence-corrected chi connectivity index (χ4v) is 2.88. The van der Waals surface area contributed by atoms with Crippen molar-refractivity contribution in [3.63, 3.8) is 0 Å². The molecule has 0 saturated carbocycles. The molecule has 7 nitrogen and oxygen atoms in total. The van der Waals surface area contributed by atoms with Crippen LogP contribution in [-0.2, 0) is 11.2 Å². The number of benzene rings is 1. The summed E-state index contributed by atoms with van der Waals surface area (Å²) >= 11 is 0. The molecule has 0 radical (unpaired) electrons. The zero-order valence-corrected chi connectivity index (χ0v) is 13.7. The van der Waals surface area contributed by atoms with Gasteiger partial charge >= 0.3 is 24.8 Å². The van der Waals surface area contributed by atoms with E-state index in [1.165, 1.54) is 0 Å². The summed E-state index contributed by atoms with van der Waals surface area (Å²) in [7, 11) is 0. The summed E-state index contributed by atoms with van der Waals surface area (Å²) in [5.41, 5.74) is 9.73. The summed E-state index contributed by atoms with van der Waals surface area (Å²) in [5.74, 6) is 0.151. The van der Waals surface area contributed by atoms with Crippen molar-refractivity contribution >= 4 is 41.8 Å². The summed E-state index contributed by atoms with van der Waals surface area (Å²) in [6.07, 6.45) is 3.31. The number of nitrogen functional groups attached to an aromatic ring is 1. The third kappa shape index (κ3) is 3.56. The zero-order chi connectivity index (χ0) is 18.1. The predicted octanol–water partition coefficient (Wildman–Crippen LogP) is 2.04. The molecule has 3 heterocycles. The first-order chi connectivity index (χ1) is 12.6. The molecular weight excluding hydrogens is 337 g/mol. The van der Waals surface area contributed by atoms with Crippen LogP contribution in [0.5, 0.6) is 0 Å². The van der Waals surface area contributed by atoms with E-state index in [0.717, 1.165) is 16.8 Å². The molecule has 4 rings (SSSR count). The number of rotatable bonds is 4. The second-order valence-electron chi connectivity index (χ2n) is 5.79. The van der Waals surface area contributed by atoms with Crippen LogP contribution >= 0.6 is 0 Å². The number of hydrogen-bond acceptors (Lipinski definition) is 5. The molecule has 0 aliphatic heterocycles. The van der Waals surface area contributed by atoms with Gasteiger partial charge in [-0.3, -0.25) is 9.36 Å². The summed E-state index contributed by atoms with van der Waals surface area (Å²) in [4.78, 5) is 24.2. The van der Waals surface area contributed by atoms with Crippen LogP contribution in [0.3, 0.4) is 0 Å². The number of aliphatic carboxylic acids is 1. The first-order valence-electron chi connectivity index (χ1n) is 7.99. The van der Waals surface area contributed by atoms with E-state index in [4.69, 9.17) is 10.8 Å². The Morgan fingerprint density at radius 3 is 2.44 bits per heavy atom. The van der Waals surface area contributed by atoms with Gasteiger partial charge in [-0.25, -0.2) is 15.0 Å². The molecule has 1 aromatic carbocycles. The first-order valence-corrected chi connectivity index (χ1v) is 7.99. The summed E-state index contributed by atoms with van der Waals surface area (Å²) in [5, 5.41) is 8.94. The van der Waals surface area contributed by atoms with E-state index in [0.29, 0.717) is 22.9 Å². The Labute approximate surface area is 167 Å². The third-order valence-electron chi connectivity index (χ3n) is 4.05. The number of hydrogen-bond donors (Lipinski definition) is 2. The van der Waals surface area contributed by atoms with E-state index in [1.54, 1.807) is 30.6 Å². The molecule has 8 heteroatoms. The van der Waals surface area contributed by atoms with E-state index in [-0.39, 0.29) is 25.3 Å². The van der Waals surface area contributed by atoms with Gasteiger partial charge in [-0.2, -0.15) is 0 Å². The topological polar surface area (TPSA) is 107 Å². The van der Waals surface area contributed by atoms with Crippen molar-refractivity contribution in [3.05, 3.63) is 66.5 Å². The number of anilines is 1. The van der Waals surface area contributed by atoms with Crippen LogP contribution in [0, 0.1) is 0 Å². The van der Waals surface area contributed by atoms with Crippen molar-refractivity contribution in [2.75, 3.05) is 5.73 Å². The number of aromatic nitrogens is 4. The van der Waals surface area contributed by atoms with Crippen molar-refractivity contribution in [2.24, 2.45) is 0 Å². The quantitative estimate of drug-likeness (QED) is 0.544. The third-order valence-corrected chi connectivity index (χ3v) is 4.05. The van der Waals surface area contributed by atoms with Crippen LogP contribution in [0.15, 0.2) is 60.9 Å². The van der Waals surface area contributed by atoms with Crippen LogP contribution in [0.4, 0.5) is 5.82 Å². The van der Waals surface area contributed by atoms with Crippen molar-refractivity contribution < 1.29 is 9.90 Å². The van der Waals surface area contributed by atoms with Gasteiger partial charge in [0.1, 0.15) is 11.3 Å². The molecule has 0 atom stereocenters. The van der Waals surface area contributed by atoms with Gasteiger partial charge in [0.2, 0.25) is 0 Å². The molecule has 3 aromatic heterocycles. The van der Waals surface area contributed by atoms with Crippen LogP contribution < -0.4 is 5.73 Å². The standard InChI is InChI=1S/C19H15N5O2.Li.H/c20-17-14(3-1-9-21-17)18-23-15-4-2-10-22-19(15)24(18)13-7-5-12(6-8-13)11-16(25)26;;/h1-10H,11H2,(H2,20,21)(H,25,26);;. The zero-order valence-electron chi connectivity index (χ0n) is 13.7. The van der Waals surface area contributed by atoms with Crippen LogP contribution in [-0.4, -0.2) is 49.5 Å². The first kappa shape index (κ1) is 18.6. The molecule has 27 heavy (non-hydrogen) atoms. The number of carbonyl (C=O) groups is 1. The minimum absolute atomic E-state index is 0. The average Bonchev–Trinajstić information content (AvgIpc) is 3.01. The van der Waals surface area contributed by atoms with Gasteiger partial charge < -0.3 is 10.8 Å². The molecule has 0 spiro atoms. The van der Waals surface area contributed by atoms with Crippen molar-refractivity contribution in [1.29, 1.82) is 0 Å². The van der Waals surface area contributed by atoms with E-state index in [2.05, 4.69) is 15.0 Å². The van der Waals surface area contributed by atoms with Crippen molar-refractivity contribution in [2.45, 2.75) is 6.42 Å². The van der Waals surface area contributed by atoms with Gasteiger partial charge in [0, 0.05) is 18.1 Å². The van der Waals surface area contributed by atoms with Crippen LogP contribution in [0.2, 0.25) is 0 Å². The Kier molecular flexibility index (Phi) is 5.26. The maximum atomic E-state index is 10.9. The number of fused-ring (bicyclic) bond motifs is 1. The maximum absolute atomic E-state index is 10.9. The number of carboxylic acid groups (broad SMARTS) is 1. The molecule has 0 saturated heterocycles. The van der Waals surface area contributed by atoms with Crippen molar-refractivity contribution in [3.8, 4) is 17.1 Å². The van der Waals surface area contributed by atoms with Gasteiger partial charge in [0.25, 0.3) is 0 Å². The summed E-state index contributed by atoms with van der Waals surface area (Å²) in [6.45, 7) is 0.